The van der Waals surface area contributed by atoms with Crippen molar-refractivity contribution in [2.45, 2.75) is 12.2 Å². The summed E-state index contributed by atoms with van der Waals surface area (Å²) >= 11 is 1.48. The van der Waals surface area contributed by atoms with Gasteiger partial charge in [-0.15, -0.1) is 11.3 Å². The van der Waals surface area contributed by atoms with Crippen LogP contribution >= 0.6 is 11.3 Å². The van der Waals surface area contributed by atoms with Gasteiger partial charge in [-0.05, 0) is 17.9 Å². The molecule has 0 bridgehead atoms. The minimum atomic E-state index is -3.23. The third kappa shape index (κ3) is 3.41. The second-order valence-electron chi connectivity index (χ2n) is 3.79. The van der Waals surface area contributed by atoms with Crippen LogP contribution in [0.15, 0.2) is 28.2 Å². The number of hydrogen-bond acceptors (Lipinski definition) is 6. The number of aromatic nitrogens is 1. The molecule has 0 aromatic carbocycles. The fraction of sp³-hybridized carbons (Fsp3) is 0.364. The minimum absolute atomic E-state index is 0.0370. The quantitative estimate of drug-likeness (QED) is 0.874. The van der Waals surface area contributed by atoms with Crippen LogP contribution in [0.2, 0.25) is 0 Å². The van der Waals surface area contributed by atoms with Gasteiger partial charge in [0, 0.05) is 6.61 Å². The Morgan fingerprint density at radius 1 is 1.44 bits per heavy atom. The number of rotatable bonds is 6. The lowest BCUT2D eigenvalue weighted by atomic mass is 10.5. The van der Waals surface area contributed by atoms with Crippen LogP contribution in [0.5, 0.6) is 0 Å². The van der Waals surface area contributed by atoms with Crippen molar-refractivity contribution in [1.82, 2.24) is 4.98 Å². The lowest BCUT2D eigenvalue weighted by Gasteiger charge is -1.99. The largest absolute Gasteiger partial charge is 0.444 e. The summed E-state index contributed by atoms with van der Waals surface area (Å²) in [6.07, 6.45) is 1.61. The molecule has 18 heavy (non-hydrogen) atoms. The van der Waals surface area contributed by atoms with Crippen LogP contribution in [-0.2, 0) is 15.6 Å². The van der Waals surface area contributed by atoms with Crippen molar-refractivity contribution in [2.24, 2.45) is 0 Å². The second-order valence-corrected chi connectivity index (χ2v) is 6.92. The molecule has 0 spiro atoms. The SMILES string of the molecule is O=S(=O)(CCCO)Cc1coc(-c2cccs2)n1. The van der Waals surface area contributed by atoms with Crippen LogP contribution in [0.1, 0.15) is 12.1 Å². The highest BCUT2D eigenvalue weighted by molar-refractivity contribution is 7.90. The number of aliphatic hydroxyl groups excluding tert-OH is 1. The summed E-state index contributed by atoms with van der Waals surface area (Å²) in [5.74, 6) is 0.254. The zero-order valence-electron chi connectivity index (χ0n) is 9.57. The van der Waals surface area contributed by atoms with Gasteiger partial charge in [0.15, 0.2) is 9.84 Å². The summed E-state index contributed by atoms with van der Waals surface area (Å²) < 4.78 is 28.6. The van der Waals surface area contributed by atoms with Crippen LogP contribution in [0.25, 0.3) is 10.8 Å². The standard InChI is InChI=1S/C11H13NO4S2/c13-4-2-6-18(14,15)8-9-7-16-11(12-9)10-3-1-5-17-10/h1,3,5,7,13H,2,4,6,8H2. The molecule has 0 radical (unpaired) electrons. The van der Waals surface area contributed by atoms with Gasteiger partial charge in [-0.1, -0.05) is 6.07 Å². The van der Waals surface area contributed by atoms with Crippen molar-refractivity contribution >= 4 is 21.2 Å². The molecule has 0 fully saturated rings. The lowest BCUT2D eigenvalue weighted by molar-refractivity contribution is 0.295. The van der Waals surface area contributed by atoms with E-state index in [0.717, 1.165) is 4.88 Å². The first-order valence-electron chi connectivity index (χ1n) is 5.40. The Labute approximate surface area is 109 Å². The summed E-state index contributed by atoms with van der Waals surface area (Å²) in [5, 5.41) is 10.5. The molecule has 2 rings (SSSR count). The average Bonchev–Trinajstić information content (AvgIpc) is 2.95. The van der Waals surface area contributed by atoms with Crippen LogP contribution in [0.4, 0.5) is 0 Å². The van der Waals surface area contributed by atoms with Crippen molar-refractivity contribution < 1.29 is 17.9 Å². The number of oxazole rings is 1. The Morgan fingerprint density at radius 2 is 2.28 bits per heavy atom. The van der Waals surface area contributed by atoms with Gasteiger partial charge >= 0.3 is 0 Å². The van der Waals surface area contributed by atoms with E-state index in [1.807, 2.05) is 17.5 Å². The third-order valence-corrected chi connectivity index (χ3v) is 4.77. The van der Waals surface area contributed by atoms with E-state index in [4.69, 9.17) is 9.52 Å². The van der Waals surface area contributed by atoms with E-state index >= 15 is 0 Å². The van der Waals surface area contributed by atoms with E-state index in [0.29, 0.717) is 11.6 Å². The average molecular weight is 287 g/mol. The normalized spacial score (nSPS) is 11.8. The fourth-order valence-corrected chi connectivity index (χ4v) is 3.42. The van der Waals surface area contributed by atoms with Crippen LogP contribution in [0, 0.1) is 0 Å². The Morgan fingerprint density at radius 3 is 2.94 bits per heavy atom. The van der Waals surface area contributed by atoms with Crippen molar-refractivity contribution in [3.05, 3.63) is 29.5 Å². The molecular formula is C11H13NO4S2. The molecule has 0 saturated heterocycles. The van der Waals surface area contributed by atoms with Crippen LogP contribution < -0.4 is 0 Å². The molecule has 0 aliphatic heterocycles. The fourth-order valence-electron chi connectivity index (χ4n) is 1.47. The molecule has 2 heterocycles. The lowest BCUT2D eigenvalue weighted by Crippen LogP contribution is -2.10. The monoisotopic (exact) mass is 287 g/mol. The Hall–Kier alpha value is -1.18. The molecular weight excluding hydrogens is 274 g/mol. The van der Waals surface area contributed by atoms with Gasteiger partial charge in [0.05, 0.1) is 22.1 Å². The zero-order valence-corrected chi connectivity index (χ0v) is 11.2. The van der Waals surface area contributed by atoms with E-state index < -0.39 is 9.84 Å². The second kappa shape index (κ2) is 5.64. The highest BCUT2D eigenvalue weighted by Crippen LogP contribution is 2.24. The highest BCUT2D eigenvalue weighted by atomic mass is 32.2. The van der Waals surface area contributed by atoms with Gasteiger partial charge in [0.1, 0.15) is 6.26 Å². The van der Waals surface area contributed by atoms with Crippen molar-refractivity contribution in [2.75, 3.05) is 12.4 Å². The molecule has 2 aromatic rings. The molecule has 0 saturated carbocycles. The molecule has 0 amide bonds. The molecule has 0 aliphatic rings. The summed E-state index contributed by atoms with van der Waals surface area (Å²) in [4.78, 5) is 5.02. The van der Waals surface area contributed by atoms with E-state index in [-0.39, 0.29) is 24.5 Å². The van der Waals surface area contributed by atoms with Gasteiger partial charge in [-0.3, -0.25) is 0 Å². The van der Waals surface area contributed by atoms with Gasteiger partial charge < -0.3 is 9.52 Å². The number of thiophene rings is 1. The van der Waals surface area contributed by atoms with Gasteiger partial charge in [0.25, 0.3) is 0 Å². The molecule has 0 atom stereocenters. The number of hydrogen-bond donors (Lipinski definition) is 1. The molecule has 0 aliphatic carbocycles. The molecule has 5 nitrogen and oxygen atoms in total. The van der Waals surface area contributed by atoms with Crippen molar-refractivity contribution in [1.29, 1.82) is 0 Å². The maximum Gasteiger partial charge on any atom is 0.236 e. The smallest absolute Gasteiger partial charge is 0.236 e. The maximum atomic E-state index is 11.7. The Bertz CT molecular complexity index is 586. The van der Waals surface area contributed by atoms with Gasteiger partial charge in [-0.2, -0.15) is 0 Å². The van der Waals surface area contributed by atoms with E-state index in [2.05, 4.69) is 4.98 Å². The molecule has 7 heteroatoms. The molecule has 98 valence electrons. The van der Waals surface area contributed by atoms with E-state index in [1.54, 1.807) is 0 Å². The van der Waals surface area contributed by atoms with Crippen molar-refractivity contribution in [3.63, 3.8) is 0 Å². The summed E-state index contributed by atoms with van der Waals surface area (Å²) in [6, 6.07) is 3.74. The molecule has 2 aromatic heterocycles. The first-order chi connectivity index (χ1) is 8.61. The highest BCUT2D eigenvalue weighted by Gasteiger charge is 2.15. The number of sulfone groups is 1. The van der Waals surface area contributed by atoms with Crippen LogP contribution in [0.3, 0.4) is 0 Å². The third-order valence-electron chi connectivity index (χ3n) is 2.26. The minimum Gasteiger partial charge on any atom is -0.444 e. The van der Waals surface area contributed by atoms with Gasteiger partial charge in [-0.25, -0.2) is 13.4 Å². The first-order valence-corrected chi connectivity index (χ1v) is 8.10. The maximum absolute atomic E-state index is 11.7. The number of aliphatic hydroxyl groups is 1. The molecule has 0 unspecified atom stereocenters. The zero-order chi connectivity index (χ0) is 13.0. The Kier molecular flexibility index (Phi) is 4.15. The van der Waals surface area contributed by atoms with E-state index in [9.17, 15) is 8.42 Å². The molecule has 1 N–H and O–H groups in total. The predicted octanol–water partition coefficient (Wildman–Crippen LogP) is 1.70. The predicted molar refractivity (Wildman–Crippen MR) is 69.0 cm³/mol. The first kappa shape index (κ1) is 13.3. The number of nitrogens with zero attached hydrogens (tertiary/aromatic N) is 1. The summed E-state index contributed by atoms with van der Waals surface area (Å²) in [5.41, 5.74) is 0.399. The summed E-state index contributed by atoms with van der Waals surface area (Å²) in [7, 11) is -3.23. The van der Waals surface area contributed by atoms with E-state index in [1.165, 1.54) is 17.6 Å². The Balaban J connectivity index is 2.07. The topological polar surface area (TPSA) is 80.4 Å². The summed E-state index contributed by atoms with van der Waals surface area (Å²) in [6.45, 7) is -0.126. The van der Waals surface area contributed by atoms with Crippen molar-refractivity contribution in [3.8, 4) is 10.8 Å². The van der Waals surface area contributed by atoms with Crippen LogP contribution in [-0.4, -0.2) is 30.9 Å². The van der Waals surface area contributed by atoms with Gasteiger partial charge in [0.2, 0.25) is 5.89 Å².